The van der Waals surface area contributed by atoms with Gasteiger partial charge in [-0.2, -0.15) is 10.5 Å². The molecular weight excluding hydrogens is 573 g/mol. The SMILES string of the molecule is COc1cc2c(cc1N)C(C)=CC(C)(C)N2CCCCOP(OCCC#N)N(C(C)C)C(C)C.N#Cc1cc(N)ccc1N. The number of nitrogens with zero attached hydrogens (tertiary/aromatic N) is 4. The minimum Gasteiger partial charge on any atom is -0.495 e. The Hall–Kier alpha value is -3.53. The predicted octanol–water partition coefficient (Wildman–Crippen LogP) is 7.07. The Bertz CT molecular complexity index is 1340. The van der Waals surface area contributed by atoms with Gasteiger partial charge in [-0.15, -0.1) is 0 Å². The first kappa shape index (κ1) is 36.7. The van der Waals surface area contributed by atoms with Crippen LogP contribution in [-0.2, 0) is 9.05 Å². The third-order valence-electron chi connectivity index (χ3n) is 7.17. The average Bonchev–Trinajstić information content (AvgIpc) is 2.95. The molecule has 0 aliphatic carbocycles. The maximum atomic E-state index is 8.88. The molecule has 0 fully saturated rings. The van der Waals surface area contributed by atoms with Gasteiger partial charge >= 0.3 is 0 Å². The van der Waals surface area contributed by atoms with Gasteiger partial charge in [0.1, 0.15) is 11.8 Å². The van der Waals surface area contributed by atoms with E-state index >= 15 is 0 Å². The van der Waals surface area contributed by atoms with Crippen molar-refractivity contribution in [1.29, 1.82) is 10.5 Å². The van der Waals surface area contributed by atoms with Gasteiger partial charge in [0.2, 0.25) is 0 Å². The number of ether oxygens (including phenoxy) is 1. The fourth-order valence-corrected chi connectivity index (χ4v) is 6.83. The van der Waals surface area contributed by atoms with Gasteiger partial charge in [0, 0.05) is 47.3 Å². The third-order valence-corrected chi connectivity index (χ3v) is 9.27. The molecule has 10 nitrogen and oxygen atoms in total. The number of hydrogen-bond acceptors (Lipinski definition) is 10. The van der Waals surface area contributed by atoms with E-state index in [1.165, 1.54) is 5.57 Å². The van der Waals surface area contributed by atoms with E-state index in [0.717, 1.165) is 30.6 Å². The first-order chi connectivity index (χ1) is 20.8. The molecule has 1 heterocycles. The molecule has 0 saturated heterocycles. The molecule has 1 aliphatic heterocycles. The summed E-state index contributed by atoms with van der Waals surface area (Å²) in [6.45, 7) is 17.1. The smallest absolute Gasteiger partial charge is 0.259 e. The second-order valence-corrected chi connectivity index (χ2v) is 13.2. The van der Waals surface area contributed by atoms with Crippen molar-refractivity contribution >= 4 is 36.8 Å². The highest BCUT2D eigenvalue weighted by atomic mass is 31.2. The zero-order valence-electron chi connectivity index (χ0n) is 27.6. The summed E-state index contributed by atoms with van der Waals surface area (Å²) in [7, 11) is 0.463. The summed E-state index contributed by atoms with van der Waals surface area (Å²) in [5.74, 6) is 0.709. The molecule has 0 amide bonds. The Kier molecular flexibility index (Phi) is 14.2. The van der Waals surface area contributed by atoms with Gasteiger partial charge in [-0.3, -0.25) is 0 Å². The monoisotopic (exact) mass is 623 g/mol. The minimum atomic E-state index is -1.19. The zero-order chi connectivity index (χ0) is 33.0. The molecule has 6 N–H and O–H groups in total. The summed E-state index contributed by atoms with van der Waals surface area (Å²) in [6.07, 6.45) is 4.58. The maximum Gasteiger partial charge on any atom is 0.259 e. The van der Waals surface area contributed by atoms with Crippen LogP contribution in [0.5, 0.6) is 5.75 Å². The molecule has 0 bridgehead atoms. The summed E-state index contributed by atoms with van der Waals surface area (Å²) in [4.78, 5) is 2.43. The number of anilines is 4. The largest absolute Gasteiger partial charge is 0.495 e. The number of allylic oxidation sites excluding steroid dienone is 1. The molecule has 2 aromatic carbocycles. The van der Waals surface area contributed by atoms with Crippen molar-refractivity contribution in [1.82, 2.24) is 4.67 Å². The fourth-order valence-electron chi connectivity index (χ4n) is 5.21. The molecule has 1 atom stereocenters. The van der Waals surface area contributed by atoms with Crippen LogP contribution in [0.4, 0.5) is 22.7 Å². The van der Waals surface area contributed by atoms with Crippen molar-refractivity contribution in [2.24, 2.45) is 0 Å². The van der Waals surface area contributed by atoms with Crippen LogP contribution in [0.3, 0.4) is 0 Å². The van der Waals surface area contributed by atoms with Crippen LogP contribution >= 0.6 is 8.53 Å². The third kappa shape index (κ3) is 10.0. The Morgan fingerprint density at radius 3 is 2.18 bits per heavy atom. The molecule has 240 valence electrons. The van der Waals surface area contributed by atoms with Crippen LogP contribution in [0.2, 0.25) is 0 Å². The lowest BCUT2D eigenvalue weighted by Gasteiger charge is -2.43. The highest BCUT2D eigenvalue weighted by Gasteiger charge is 2.32. The van der Waals surface area contributed by atoms with Gasteiger partial charge in [-0.05, 0) is 91.1 Å². The lowest BCUT2D eigenvalue weighted by molar-refractivity contribution is 0.174. The average molecular weight is 624 g/mol. The van der Waals surface area contributed by atoms with E-state index in [0.29, 0.717) is 60.1 Å². The number of unbranched alkanes of at least 4 members (excludes halogenated alkanes) is 1. The second kappa shape index (κ2) is 17.1. The highest BCUT2D eigenvalue weighted by Crippen LogP contribution is 2.46. The maximum absolute atomic E-state index is 8.88. The zero-order valence-corrected chi connectivity index (χ0v) is 28.4. The number of nitriles is 2. The lowest BCUT2D eigenvalue weighted by Crippen LogP contribution is -2.45. The van der Waals surface area contributed by atoms with Crippen molar-refractivity contribution < 1.29 is 13.8 Å². The summed E-state index contributed by atoms with van der Waals surface area (Å²) in [5, 5.41) is 17.3. The number of methoxy groups -OCH3 is 1. The predicted molar refractivity (Wildman–Crippen MR) is 183 cm³/mol. The standard InChI is InChI=1S/C26H43N4O3P.C7H7N3/c1-19(2)30(20(3)4)34(33-15-11-12-27)32-14-10-9-13-29-24-17-25(31-8)23(28)16-22(24)21(5)18-26(29,6)7;8-4-5-3-6(9)1-2-7(5)10/h16-20H,9-11,13-15,28H2,1-8H3;1-3H,9-10H2. The van der Waals surface area contributed by atoms with Crippen LogP contribution in [-0.4, -0.2) is 49.2 Å². The van der Waals surface area contributed by atoms with E-state index in [9.17, 15) is 0 Å². The number of hydrogen-bond donors (Lipinski definition) is 3. The first-order valence-corrected chi connectivity index (χ1v) is 16.1. The van der Waals surface area contributed by atoms with E-state index in [1.54, 1.807) is 25.3 Å². The number of rotatable bonds is 13. The van der Waals surface area contributed by atoms with Gasteiger partial charge < -0.3 is 35.9 Å². The Morgan fingerprint density at radius 1 is 0.955 bits per heavy atom. The molecule has 44 heavy (non-hydrogen) atoms. The fraction of sp³-hybridized carbons (Fsp3) is 0.515. The van der Waals surface area contributed by atoms with E-state index in [4.69, 9.17) is 41.5 Å². The van der Waals surface area contributed by atoms with Crippen molar-refractivity contribution in [3.05, 3.63) is 47.5 Å². The van der Waals surface area contributed by atoms with Gasteiger partial charge in [0.25, 0.3) is 8.53 Å². The molecule has 3 rings (SSSR count). The summed E-state index contributed by atoms with van der Waals surface area (Å²) in [5.41, 5.74) is 22.6. The van der Waals surface area contributed by atoms with E-state index in [-0.39, 0.29) is 5.54 Å². The van der Waals surface area contributed by atoms with Crippen molar-refractivity contribution in [3.63, 3.8) is 0 Å². The Labute approximate surface area is 265 Å². The number of benzene rings is 2. The molecule has 0 saturated carbocycles. The van der Waals surface area contributed by atoms with Crippen LogP contribution in [0, 0.1) is 22.7 Å². The molecule has 0 radical (unpaired) electrons. The van der Waals surface area contributed by atoms with E-state index < -0.39 is 8.53 Å². The van der Waals surface area contributed by atoms with Gasteiger partial charge in [0.15, 0.2) is 0 Å². The van der Waals surface area contributed by atoms with Crippen molar-refractivity contribution in [2.75, 3.05) is 49.0 Å². The van der Waals surface area contributed by atoms with E-state index in [1.807, 2.05) is 12.1 Å². The van der Waals surface area contributed by atoms with Crippen LogP contribution in [0.15, 0.2) is 36.4 Å². The molecule has 11 heteroatoms. The molecule has 0 aromatic heterocycles. The number of fused-ring (bicyclic) bond motifs is 1. The Morgan fingerprint density at radius 2 is 1.61 bits per heavy atom. The van der Waals surface area contributed by atoms with Crippen molar-refractivity contribution in [3.8, 4) is 17.9 Å². The van der Waals surface area contributed by atoms with Gasteiger partial charge in [-0.1, -0.05) is 6.08 Å². The van der Waals surface area contributed by atoms with Crippen LogP contribution < -0.4 is 26.8 Å². The molecule has 1 unspecified atom stereocenters. The molecule has 0 spiro atoms. The first-order valence-electron chi connectivity index (χ1n) is 15.0. The van der Waals surface area contributed by atoms with E-state index in [2.05, 4.69) is 76.2 Å². The van der Waals surface area contributed by atoms with Crippen LogP contribution in [0.25, 0.3) is 5.57 Å². The summed E-state index contributed by atoms with van der Waals surface area (Å²) < 4.78 is 20.0. The molecule has 2 aromatic rings. The van der Waals surface area contributed by atoms with Gasteiger partial charge in [-0.25, -0.2) is 4.67 Å². The molecular formula is C33H50N7O3P. The highest BCUT2D eigenvalue weighted by molar-refractivity contribution is 7.44. The van der Waals surface area contributed by atoms with Gasteiger partial charge in [0.05, 0.1) is 49.6 Å². The number of nitrogen functional groups attached to an aromatic ring is 3. The summed E-state index contributed by atoms with van der Waals surface area (Å²) in [6, 6.07) is 13.6. The quantitative estimate of drug-likeness (QED) is 0.120. The van der Waals surface area contributed by atoms with Crippen molar-refractivity contribution in [2.45, 2.75) is 85.4 Å². The lowest BCUT2D eigenvalue weighted by atomic mass is 9.88. The normalized spacial score (nSPS) is 14.3. The molecule has 1 aliphatic rings. The summed E-state index contributed by atoms with van der Waals surface area (Å²) >= 11 is 0. The number of nitrogens with two attached hydrogens (primary N) is 3. The Balaban J connectivity index is 0.000000569. The second-order valence-electron chi connectivity index (χ2n) is 11.8. The van der Waals surface area contributed by atoms with Crippen LogP contribution in [0.1, 0.15) is 78.9 Å². The minimum absolute atomic E-state index is 0.113. The topological polar surface area (TPSA) is 160 Å².